The fourth-order valence-electron chi connectivity index (χ4n) is 1.34. The van der Waals surface area contributed by atoms with Crippen LogP contribution in [-0.4, -0.2) is 12.4 Å². The van der Waals surface area contributed by atoms with E-state index in [-0.39, 0.29) is 5.56 Å². The minimum Gasteiger partial charge on any atom is -0.434 e. The number of rotatable bonds is 4. The van der Waals surface area contributed by atoms with Gasteiger partial charge in [-0.25, -0.2) is 4.39 Å². The number of benzene rings is 1. The van der Waals surface area contributed by atoms with Crippen LogP contribution in [0.15, 0.2) is 12.1 Å². The molecule has 0 bridgehead atoms. The zero-order valence-electron chi connectivity index (χ0n) is 8.89. The van der Waals surface area contributed by atoms with Gasteiger partial charge in [0.05, 0.1) is 5.56 Å². The number of ketones is 1. The van der Waals surface area contributed by atoms with Gasteiger partial charge in [-0.3, -0.25) is 4.79 Å². The van der Waals surface area contributed by atoms with Crippen molar-refractivity contribution < 1.29 is 22.7 Å². The number of ether oxygens (including phenoxy) is 1. The fraction of sp³-hybridized carbons (Fsp3) is 0.364. The lowest BCUT2D eigenvalue weighted by Crippen LogP contribution is -2.08. The molecule has 1 rings (SSSR count). The van der Waals surface area contributed by atoms with E-state index in [0.717, 1.165) is 6.07 Å². The average molecular weight is 232 g/mol. The van der Waals surface area contributed by atoms with Gasteiger partial charge in [0.25, 0.3) is 0 Å². The number of aryl methyl sites for hydroxylation is 1. The molecule has 88 valence electrons. The molecule has 5 heteroatoms. The average Bonchev–Trinajstić information content (AvgIpc) is 2.16. The van der Waals surface area contributed by atoms with Gasteiger partial charge in [-0.2, -0.15) is 8.78 Å². The van der Waals surface area contributed by atoms with Crippen molar-refractivity contribution in [1.29, 1.82) is 0 Å². The molecule has 16 heavy (non-hydrogen) atoms. The Balaban J connectivity index is 3.24. The number of alkyl halides is 2. The summed E-state index contributed by atoms with van der Waals surface area (Å²) in [4.78, 5) is 11.2. The number of carbonyl (C=O) groups is 1. The summed E-state index contributed by atoms with van der Waals surface area (Å²) >= 11 is 0. The maximum absolute atomic E-state index is 13.3. The predicted molar refractivity (Wildman–Crippen MR) is 52.4 cm³/mol. The van der Waals surface area contributed by atoms with Gasteiger partial charge < -0.3 is 4.74 Å². The topological polar surface area (TPSA) is 26.3 Å². The molecule has 0 spiro atoms. The first-order valence-electron chi connectivity index (χ1n) is 4.73. The summed E-state index contributed by atoms with van der Waals surface area (Å²) in [7, 11) is 0. The molecule has 0 fully saturated rings. The summed E-state index contributed by atoms with van der Waals surface area (Å²) in [5.74, 6) is -1.51. The van der Waals surface area contributed by atoms with Gasteiger partial charge in [0.2, 0.25) is 0 Å². The van der Waals surface area contributed by atoms with Crippen LogP contribution in [-0.2, 0) is 6.42 Å². The third kappa shape index (κ3) is 2.74. The number of halogens is 3. The lowest BCUT2D eigenvalue weighted by molar-refractivity contribution is -0.0503. The van der Waals surface area contributed by atoms with E-state index < -0.39 is 24.0 Å². The van der Waals surface area contributed by atoms with Crippen molar-refractivity contribution in [2.45, 2.75) is 26.9 Å². The molecule has 0 heterocycles. The minimum absolute atomic E-state index is 0.0291. The van der Waals surface area contributed by atoms with Crippen molar-refractivity contribution in [2.75, 3.05) is 0 Å². The third-order valence-corrected chi connectivity index (χ3v) is 2.12. The second-order valence-corrected chi connectivity index (χ2v) is 3.23. The van der Waals surface area contributed by atoms with E-state index in [1.807, 2.05) is 0 Å². The van der Waals surface area contributed by atoms with Gasteiger partial charge in [0.15, 0.2) is 5.78 Å². The van der Waals surface area contributed by atoms with Crippen molar-refractivity contribution >= 4 is 5.78 Å². The molecule has 1 aromatic carbocycles. The summed E-state index contributed by atoms with van der Waals surface area (Å²) < 4.78 is 41.4. The van der Waals surface area contributed by atoms with Gasteiger partial charge >= 0.3 is 6.61 Å². The van der Waals surface area contributed by atoms with Crippen molar-refractivity contribution in [3.63, 3.8) is 0 Å². The van der Waals surface area contributed by atoms with Gasteiger partial charge in [-0.05, 0) is 25.0 Å². The van der Waals surface area contributed by atoms with Crippen molar-refractivity contribution in [3.8, 4) is 5.75 Å². The minimum atomic E-state index is -3.08. The quantitative estimate of drug-likeness (QED) is 0.745. The Morgan fingerprint density at radius 1 is 1.44 bits per heavy atom. The maximum Gasteiger partial charge on any atom is 0.387 e. The molecule has 0 saturated carbocycles. The molecule has 0 amide bonds. The Labute approximate surface area is 91.0 Å². The van der Waals surface area contributed by atoms with E-state index in [2.05, 4.69) is 4.74 Å². The van der Waals surface area contributed by atoms with Crippen LogP contribution in [0, 0.1) is 5.82 Å². The van der Waals surface area contributed by atoms with Crippen LogP contribution in [0.1, 0.15) is 29.8 Å². The standard InChI is InChI=1S/C11H11F3O2/c1-3-7-4-8(6(2)15)10(5-9(7)12)16-11(13)14/h4-5,11H,3H2,1-2H3. The van der Waals surface area contributed by atoms with E-state index in [1.54, 1.807) is 6.92 Å². The first-order chi connectivity index (χ1) is 7.45. The van der Waals surface area contributed by atoms with Crippen molar-refractivity contribution in [3.05, 3.63) is 29.1 Å². The largest absolute Gasteiger partial charge is 0.434 e. The molecular weight excluding hydrogens is 221 g/mol. The van der Waals surface area contributed by atoms with Crippen LogP contribution in [0.5, 0.6) is 5.75 Å². The predicted octanol–water partition coefficient (Wildman–Crippen LogP) is 3.19. The summed E-state index contributed by atoms with van der Waals surface area (Å²) in [6.07, 6.45) is 0.376. The van der Waals surface area contributed by atoms with Crippen LogP contribution in [0.3, 0.4) is 0 Å². The maximum atomic E-state index is 13.3. The molecule has 0 aromatic heterocycles. The molecule has 1 aromatic rings. The Morgan fingerprint density at radius 3 is 2.50 bits per heavy atom. The highest BCUT2D eigenvalue weighted by molar-refractivity contribution is 5.97. The number of carbonyl (C=O) groups excluding carboxylic acids is 1. The molecule has 0 aliphatic heterocycles. The highest BCUT2D eigenvalue weighted by Crippen LogP contribution is 2.25. The third-order valence-electron chi connectivity index (χ3n) is 2.12. The fourth-order valence-corrected chi connectivity index (χ4v) is 1.34. The molecule has 2 nitrogen and oxygen atoms in total. The Bertz CT molecular complexity index is 402. The van der Waals surface area contributed by atoms with Crippen LogP contribution in [0.25, 0.3) is 0 Å². The SMILES string of the molecule is CCc1cc(C(C)=O)c(OC(F)F)cc1F. The van der Waals surface area contributed by atoms with Crippen molar-refractivity contribution in [1.82, 2.24) is 0 Å². The molecule has 0 atom stereocenters. The summed E-state index contributed by atoms with van der Waals surface area (Å²) in [5, 5.41) is 0. The van der Waals surface area contributed by atoms with E-state index >= 15 is 0 Å². The van der Waals surface area contributed by atoms with Crippen LogP contribution >= 0.6 is 0 Å². The molecule has 0 aliphatic carbocycles. The molecule has 0 radical (unpaired) electrons. The number of hydrogen-bond acceptors (Lipinski definition) is 2. The second-order valence-electron chi connectivity index (χ2n) is 3.23. The Kier molecular flexibility index (Phi) is 3.93. The van der Waals surface area contributed by atoms with Gasteiger partial charge in [-0.1, -0.05) is 6.92 Å². The molecule has 0 N–H and O–H groups in total. The smallest absolute Gasteiger partial charge is 0.387 e. The van der Waals surface area contributed by atoms with Gasteiger partial charge in [0.1, 0.15) is 11.6 Å². The van der Waals surface area contributed by atoms with E-state index in [9.17, 15) is 18.0 Å². The number of hydrogen-bond donors (Lipinski definition) is 0. The summed E-state index contributed by atoms with van der Waals surface area (Å²) in [6, 6.07) is 2.07. The van der Waals surface area contributed by atoms with Crippen LogP contribution < -0.4 is 4.74 Å². The molecule has 0 saturated heterocycles. The van der Waals surface area contributed by atoms with Gasteiger partial charge in [0, 0.05) is 6.07 Å². The monoisotopic (exact) mass is 232 g/mol. The molecule has 0 aliphatic rings. The van der Waals surface area contributed by atoms with Gasteiger partial charge in [-0.15, -0.1) is 0 Å². The number of Topliss-reactive ketones (excluding diaryl/α,β-unsaturated/α-hetero) is 1. The Morgan fingerprint density at radius 2 is 2.06 bits per heavy atom. The van der Waals surface area contributed by atoms with E-state index in [0.29, 0.717) is 12.0 Å². The molecular formula is C11H11F3O2. The summed E-state index contributed by atoms with van der Waals surface area (Å²) in [5.41, 5.74) is 0.269. The highest BCUT2D eigenvalue weighted by Gasteiger charge is 2.16. The molecule has 0 unspecified atom stereocenters. The summed E-state index contributed by atoms with van der Waals surface area (Å²) in [6.45, 7) is -0.161. The first-order valence-corrected chi connectivity index (χ1v) is 4.73. The van der Waals surface area contributed by atoms with Crippen LogP contribution in [0.4, 0.5) is 13.2 Å². The first kappa shape index (κ1) is 12.5. The second kappa shape index (κ2) is 5.01. The lowest BCUT2D eigenvalue weighted by Gasteiger charge is -2.10. The van der Waals surface area contributed by atoms with Crippen molar-refractivity contribution in [2.24, 2.45) is 0 Å². The lowest BCUT2D eigenvalue weighted by atomic mass is 10.0. The Hall–Kier alpha value is -1.52. The van der Waals surface area contributed by atoms with E-state index in [4.69, 9.17) is 0 Å². The van der Waals surface area contributed by atoms with E-state index in [1.165, 1.54) is 13.0 Å². The zero-order chi connectivity index (χ0) is 12.3. The van der Waals surface area contributed by atoms with Crippen LogP contribution in [0.2, 0.25) is 0 Å². The highest BCUT2D eigenvalue weighted by atomic mass is 19.3. The normalized spacial score (nSPS) is 10.6. The zero-order valence-corrected chi connectivity index (χ0v) is 8.89.